The highest BCUT2D eigenvalue weighted by molar-refractivity contribution is 5.30. The molecule has 0 bridgehead atoms. The summed E-state index contributed by atoms with van der Waals surface area (Å²) in [5.41, 5.74) is 6.50. The van der Waals surface area contributed by atoms with Gasteiger partial charge < -0.3 is 0 Å². The molecular weight excluding hydrogens is 226 g/mol. The molecule has 0 aliphatic rings. The minimum atomic E-state index is -4.75. The number of hydrogen-bond donors (Lipinski definition) is 0. The van der Waals surface area contributed by atoms with Gasteiger partial charge in [0.25, 0.3) is 0 Å². The van der Waals surface area contributed by atoms with Crippen LogP contribution in [0, 0.1) is 5.82 Å². The Hall–Kier alpha value is -1.75. The molecule has 0 aromatic heterocycles. The predicted octanol–water partition coefficient (Wildman–Crippen LogP) is 4.22. The number of hydrogen-bond acceptors (Lipinski definition) is 1. The van der Waals surface area contributed by atoms with E-state index in [4.69, 9.17) is 5.53 Å². The number of azide groups is 1. The molecule has 0 saturated heterocycles. The van der Waals surface area contributed by atoms with E-state index in [-0.39, 0.29) is 5.56 Å². The van der Waals surface area contributed by atoms with E-state index in [9.17, 15) is 17.6 Å². The highest BCUT2D eigenvalue weighted by Gasteiger charge is 2.35. The van der Waals surface area contributed by atoms with E-state index in [1.807, 2.05) is 0 Å². The topological polar surface area (TPSA) is 48.8 Å². The second-order valence-corrected chi connectivity index (χ2v) is 3.09. The Bertz CT molecular complexity index is 435. The average molecular weight is 233 g/mol. The van der Waals surface area contributed by atoms with Crippen LogP contribution in [-0.2, 0) is 6.18 Å². The maximum atomic E-state index is 13.4. The zero-order valence-corrected chi connectivity index (χ0v) is 8.16. The lowest BCUT2D eigenvalue weighted by molar-refractivity contribution is -0.140. The van der Waals surface area contributed by atoms with E-state index < -0.39 is 23.6 Å². The molecule has 0 fully saturated rings. The van der Waals surface area contributed by atoms with Crippen molar-refractivity contribution >= 4 is 0 Å². The van der Waals surface area contributed by atoms with Crippen LogP contribution in [0.25, 0.3) is 10.4 Å². The van der Waals surface area contributed by atoms with Crippen LogP contribution in [0.2, 0.25) is 0 Å². The fraction of sp³-hybridized carbons (Fsp3) is 0.333. The number of halogens is 4. The first-order valence-corrected chi connectivity index (χ1v) is 4.27. The Morgan fingerprint density at radius 3 is 2.50 bits per heavy atom. The van der Waals surface area contributed by atoms with Gasteiger partial charge in [0, 0.05) is 4.91 Å². The van der Waals surface area contributed by atoms with Crippen LogP contribution >= 0.6 is 0 Å². The molecule has 1 rings (SSSR count). The molecule has 0 radical (unpaired) electrons. The Balaban J connectivity index is 3.29. The SMILES string of the molecule is CC(N=[N+]=[N-])c1cccc(C(F)(F)F)c1F. The number of alkyl halides is 3. The van der Waals surface area contributed by atoms with Gasteiger partial charge >= 0.3 is 6.18 Å². The molecule has 0 amide bonds. The molecule has 86 valence electrons. The molecule has 7 heteroatoms. The Morgan fingerprint density at radius 2 is 2.00 bits per heavy atom. The van der Waals surface area contributed by atoms with Crippen molar-refractivity contribution in [2.75, 3.05) is 0 Å². The fourth-order valence-corrected chi connectivity index (χ4v) is 1.23. The molecular formula is C9H7F4N3. The zero-order valence-electron chi connectivity index (χ0n) is 8.16. The van der Waals surface area contributed by atoms with Gasteiger partial charge in [0.15, 0.2) is 0 Å². The first-order chi connectivity index (χ1) is 7.38. The van der Waals surface area contributed by atoms with Gasteiger partial charge in [-0.25, -0.2) is 4.39 Å². The largest absolute Gasteiger partial charge is 0.419 e. The molecule has 0 aliphatic carbocycles. The summed E-state index contributed by atoms with van der Waals surface area (Å²) in [6, 6.07) is 1.89. The number of rotatable bonds is 2. The Kier molecular flexibility index (Phi) is 3.39. The maximum Gasteiger partial charge on any atom is 0.419 e. The van der Waals surface area contributed by atoms with Crippen molar-refractivity contribution in [1.82, 2.24) is 0 Å². The lowest BCUT2D eigenvalue weighted by Crippen LogP contribution is -2.10. The van der Waals surface area contributed by atoms with Gasteiger partial charge in [-0.05, 0) is 17.2 Å². The average Bonchev–Trinajstić information content (AvgIpc) is 2.16. The molecule has 0 spiro atoms. The molecule has 1 aromatic carbocycles. The third-order valence-electron chi connectivity index (χ3n) is 2.01. The molecule has 1 unspecified atom stereocenters. The molecule has 0 N–H and O–H groups in total. The van der Waals surface area contributed by atoms with Crippen LogP contribution in [0.4, 0.5) is 17.6 Å². The standard InChI is InChI=1S/C9H7F4N3/c1-5(15-16-14)6-3-2-4-7(8(6)10)9(11,12)13/h2-5H,1H3. The van der Waals surface area contributed by atoms with Crippen molar-refractivity contribution in [2.24, 2.45) is 5.11 Å². The molecule has 16 heavy (non-hydrogen) atoms. The molecule has 1 aromatic rings. The summed E-state index contributed by atoms with van der Waals surface area (Å²) in [6.07, 6.45) is -4.75. The zero-order chi connectivity index (χ0) is 12.3. The van der Waals surface area contributed by atoms with Gasteiger partial charge in [0.05, 0.1) is 11.6 Å². The summed E-state index contributed by atoms with van der Waals surface area (Å²) < 4.78 is 50.4. The lowest BCUT2D eigenvalue weighted by atomic mass is 10.0. The van der Waals surface area contributed by atoms with Gasteiger partial charge in [-0.1, -0.05) is 24.2 Å². The summed E-state index contributed by atoms with van der Waals surface area (Å²) in [7, 11) is 0. The van der Waals surface area contributed by atoms with E-state index in [1.165, 1.54) is 6.92 Å². The quantitative estimate of drug-likeness (QED) is 0.318. The monoisotopic (exact) mass is 233 g/mol. The predicted molar refractivity (Wildman–Crippen MR) is 49.0 cm³/mol. The maximum absolute atomic E-state index is 13.4. The van der Waals surface area contributed by atoms with Crippen LogP contribution in [0.5, 0.6) is 0 Å². The molecule has 0 aliphatic heterocycles. The fourth-order valence-electron chi connectivity index (χ4n) is 1.23. The highest BCUT2D eigenvalue weighted by atomic mass is 19.4. The summed E-state index contributed by atoms with van der Waals surface area (Å²) in [6.45, 7) is 1.32. The first-order valence-electron chi connectivity index (χ1n) is 4.27. The first kappa shape index (κ1) is 12.3. The smallest absolute Gasteiger partial charge is 0.206 e. The van der Waals surface area contributed by atoms with E-state index in [1.54, 1.807) is 0 Å². The van der Waals surface area contributed by atoms with Crippen LogP contribution in [-0.4, -0.2) is 0 Å². The van der Waals surface area contributed by atoms with Crippen molar-refractivity contribution in [3.8, 4) is 0 Å². The van der Waals surface area contributed by atoms with Crippen molar-refractivity contribution in [2.45, 2.75) is 19.1 Å². The summed E-state index contributed by atoms with van der Waals surface area (Å²) in [4.78, 5) is 2.42. The number of benzene rings is 1. The van der Waals surface area contributed by atoms with Crippen LogP contribution in [0.3, 0.4) is 0 Å². The van der Waals surface area contributed by atoms with Gasteiger partial charge in [-0.15, -0.1) is 0 Å². The van der Waals surface area contributed by atoms with Crippen LogP contribution < -0.4 is 0 Å². The third-order valence-corrected chi connectivity index (χ3v) is 2.01. The highest BCUT2D eigenvalue weighted by Crippen LogP contribution is 2.34. The van der Waals surface area contributed by atoms with Crippen LogP contribution in [0.15, 0.2) is 23.3 Å². The summed E-state index contributed by atoms with van der Waals surface area (Å²) in [5.74, 6) is -1.39. The van der Waals surface area contributed by atoms with Crippen LogP contribution in [0.1, 0.15) is 24.1 Å². The minimum absolute atomic E-state index is 0.271. The summed E-state index contributed by atoms with van der Waals surface area (Å²) >= 11 is 0. The van der Waals surface area contributed by atoms with Gasteiger partial charge in [0.2, 0.25) is 0 Å². The molecule has 3 nitrogen and oxygen atoms in total. The van der Waals surface area contributed by atoms with E-state index in [0.717, 1.165) is 12.1 Å². The Labute approximate surface area is 88.3 Å². The van der Waals surface area contributed by atoms with Gasteiger partial charge in [0.1, 0.15) is 5.82 Å². The van der Waals surface area contributed by atoms with Crippen molar-refractivity contribution in [3.63, 3.8) is 0 Å². The van der Waals surface area contributed by atoms with Crippen molar-refractivity contribution in [3.05, 3.63) is 45.6 Å². The number of nitrogens with zero attached hydrogens (tertiary/aromatic N) is 3. The van der Waals surface area contributed by atoms with E-state index in [0.29, 0.717) is 6.07 Å². The van der Waals surface area contributed by atoms with E-state index >= 15 is 0 Å². The lowest BCUT2D eigenvalue weighted by Gasteiger charge is -2.12. The normalized spacial score (nSPS) is 13.1. The second-order valence-electron chi connectivity index (χ2n) is 3.09. The molecule has 0 heterocycles. The van der Waals surface area contributed by atoms with E-state index in [2.05, 4.69) is 10.0 Å². The molecule has 0 saturated carbocycles. The van der Waals surface area contributed by atoms with Gasteiger partial charge in [-0.3, -0.25) is 0 Å². The molecule has 1 atom stereocenters. The third kappa shape index (κ3) is 2.43. The van der Waals surface area contributed by atoms with Crippen molar-refractivity contribution < 1.29 is 17.6 Å². The van der Waals surface area contributed by atoms with Gasteiger partial charge in [-0.2, -0.15) is 13.2 Å². The minimum Gasteiger partial charge on any atom is -0.206 e. The summed E-state index contributed by atoms with van der Waals surface area (Å²) in [5, 5.41) is 3.15. The van der Waals surface area contributed by atoms with Crippen molar-refractivity contribution in [1.29, 1.82) is 0 Å². The Morgan fingerprint density at radius 1 is 1.38 bits per heavy atom. The second kappa shape index (κ2) is 4.40.